The number of rotatable bonds is 2. The van der Waals surface area contributed by atoms with Crippen LogP contribution in [0.2, 0.25) is 0 Å². The zero-order valence-electron chi connectivity index (χ0n) is 11.5. The van der Waals surface area contributed by atoms with Gasteiger partial charge in [0.05, 0.1) is 18.2 Å². The Morgan fingerprint density at radius 1 is 1.14 bits per heavy atom. The van der Waals surface area contributed by atoms with Gasteiger partial charge in [0.2, 0.25) is 0 Å². The van der Waals surface area contributed by atoms with Gasteiger partial charge in [-0.25, -0.2) is 0 Å². The fourth-order valence-corrected chi connectivity index (χ4v) is 3.10. The lowest BCUT2D eigenvalue weighted by Gasteiger charge is -2.11. The molecule has 102 valence electrons. The fraction of sp³-hybridized carbons (Fsp3) is 0.167. The number of ether oxygens (including phenoxy) is 1. The minimum absolute atomic E-state index is 0.363. The van der Waals surface area contributed by atoms with Crippen molar-refractivity contribution < 1.29 is 4.74 Å². The normalized spacial score (nSPS) is 16.4. The third-order valence-electron chi connectivity index (χ3n) is 4.15. The summed E-state index contributed by atoms with van der Waals surface area (Å²) in [6.07, 6.45) is 2.06. The van der Waals surface area contributed by atoms with Gasteiger partial charge in [0.1, 0.15) is 5.75 Å². The van der Waals surface area contributed by atoms with Gasteiger partial charge in [0.25, 0.3) is 0 Å². The molecule has 0 aliphatic carbocycles. The van der Waals surface area contributed by atoms with E-state index in [4.69, 9.17) is 4.74 Å². The molecule has 21 heavy (non-hydrogen) atoms. The van der Waals surface area contributed by atoms with Crippen LogP contribution in [0.5, 0.6) is 5.75 Å². The first-order valence-electron chi connectivity index (χ1n) is 7.06. The van der Waals surface area contributed by atoms with E-state index in [9.17, 15) is 5.26 Å². The number of nitrogens with zero attached hydrogens (tertiary/aromatic N) is 2. The highest BCUT2D eigenvalue weighted by molar-refractivity contribution is 5.86. The average Bonchev–Trinajstić information content (AvgIpc) is 3.13. The SMILES string of the molecule is N#Cc1cccc2c1ccn2CC1COc2ccccc21. The highest BCUT2D eigenvalue weighted by Crippen LogP contribution is 2.35. The molecule has 1 aromatic heterocycles. The second-order valence-corrected chi connectivity index (χ2v) is 5.36. The van der Waals surface area contributed by atoms with Crippen LogP contribution >= 0.6 is 0 Å². The molecule has 1 aliphatic heterocycles. The van der Waals surface area contributed by atoms with E-state index in [0.717, 1.165) is 35.4 Å². The topological polar surface area (TPSA) is 38.0 Å². The first kappa shape index (κ1) is 12.0. The van der Waals surface area contributed by atoms with Gasteiger partial charge in [-0.05, 0) is 24.3 Å². The Balaban J connectivity index is 1.72. The molecule has 2 heterocycles. The van der Waals surface area contributed by atoms with E-state index in [1.165, 1.54) is 5.56 Å². The molecule has 0 fully saturated rings. The van der Waals surface area contributed by atoms with Gasteiger partial charge in [0, 0.05) is 35.1 Å². The summed E-state index contributed by atoms with van der Waals surface area (Å²) in [5.74, 6) is 1.36. The fourth-order valence-electron chi connectivity index (χ4n) is 3.10. The van der Waals surface area contributed by atoms with Crippen molar-refractivity contribution in [3.05, 3.63) is 65.9 Å². The maximum absolute atomic E-state index is 9.18. The Bertz CT molecular complexity index is 857. The first-order chi connectivity index (χ1) is 10.4. The second-order valence-electron chi connectivity index (χ2n) is 5.36. The molecule has 3 aromatic rings. The molecule has 1 atom stereocenters. The Labute approximate surface area is 123 Å². The van der Waals surface area contributed by atoms with Crippen molar-refractivity contribution in [1.29, 1.82) is 5.26 Å². The van der Waals surface area contributed by atoms with Gasteiger partial charge in [0.15, 0.2) is 0 Å². The monoisotopic (exact) mass is 274 g/mol. The summed E-state index contributed by atoms with van der Waals surface area (Å²) in [4.78, 5) is 0. The van der Waals surface area contributed by atoms with Gasteiger partial charge >= 0.3 is 0 Å². The summed E-state index contributed by atoms with van der Waals surface area (Å²) < 4.78 is 7.97. The van der Waals surface area contributed by atoms with Crippen LogP contribution in [0.4, 0.5) is 0 Å². The van der Waals surface area contributed by atoms with Crippen molar-refractivity contribution in [2.75, 3.05) is 6.61 Å². The molecule has 0 saturated carbocycles. The number of aromatic nitrogens is 1. The highest BCUT2D eigenvalue weighted by atomic mass is 16.5. The van der Waals surface area contributed by atoms with Crippen molar-refractivity contribution in [3.63, 3.8) is 0 Å². The molecule has 0 amide bonds. The minimum atomic E-state index is 0.363. The molecule has 0 radical (unpaired) electrons. The largest absolute Gasteiger partial charge is 0.493 e. The number of hydrogen-bond acceptors (Lipinski definition) is 2. The predicted octanol–water partition coefficient (Wildman–Crippen LogP) is 3.69. The highest BCUT2D eigenvalue weighted by Gasteiger charge is 2.24. The average molecular weight is 274 g/mol. The Morgan fingerprint density at radius 3 is 2.95 bits per heavy atom. The lowest BCUT2D eigenvalue weighted by atomic mass is 10.0. The quantitative estimate of drug-likeness (QED) is 0.714. The molecule has 0 spiro atoms. The summed E-state index contributed by atoms with van der Waals surface area (Å²) >= 11 is 0. The minimum Gasteiger partial charge on any atom is -0.493 e. The van der Waals surface area contributed by atoms with E-state index >= 15 is 0 Å². The Morgan fingerprint density at radius 2 is 2.05 bits per heavy atom. The van der Waals surface area contributed by atoms with Crippen LogP contribution in [0.1, 0.15) is 17.0 Å². The smallest absolute Gasteiger partial charge is 0.122 e. The molecule has 4 rings (SSSR count). The molecular weight excluding hydrogens is 260 g/mol. The van der Waals surface area contributed by atoms with Crippen LogP contribution in [0, 0.1) is 11.3 Å². The summed E-state index contributed by atoms with van der Waals surface area (Å²) in [6, 6.07) is 18.4. The molecule has 1 unspecified atom stereocenters. The number of fused-ring (bicyclic) bond motifs is 2. The predicted molar refractivity (Wildman–Crippen MR) is 81.3 cm³/mol. The van der Waals surface area contributed by atoms with Crippen LogP contribution in [0.3, 0.4) is 0 Å². The van der Waals surface area contributed by atoms with Crippen molar-refractivity contribution in [2.45, 2.75) is 12.5 Å². The van der Waals surface area contributed by atoms with Crippen LogP contribution in [0.25, 0.3) is 10.9 Å². The molecule has 3 nitrogen and oxygen atoms in total. The van der Waals surface area contributed by atoms with Crippen LogP contribution < -0.4 is 4.74 Å². The third-order valence-corrected chi connectivity index (χ3v) is 4.15. The number of nitriles is 1. The van der Waals surface area contributed by atoms with Crippen molar-refractivity contribution in [2.24, 2.45) is 0 Å². The molecule has 0 bridgehead atoms. The van der Waals surface area contributed by atoms with Gasteiger partial charge in [-0.3, -0.25) is 0 Å². The zero-order valence-corrected chi connectivity index (χ0v) is 11.5. The van der Waals surface area contributed by atoms with Gasteiger partial charge < -0.3 is 9.30 Å². The maximum atomic E-state index is 9.18. The van der Waals surface area contributed by atoms with E-state index in [-0.39, 0.29) is 0 Å². The molecule has 1 aliphatic rings. The zero-order chi connectivity index (χ0) is 14.2. The van der Waals surface area contributed by atoms with Crippen molar-refractivity contribution >= 4 is 10.9 Å². The summed E-state index contributed by atoms with van der Waals surface area (Å²) in [7, 11) is 0. The molecule has 3 heteroatoms. The first-order valence-corrected chi connectivity index (χ1v) is 7.06. The summed E-state index contributed by atoms with van der Waals surface area (Å²) in [6.45, 7) is 1.59. The van der Waals surface area contributed by atoms with Crippen molar-refractivity contribution in [3.8, 4) is 11.8 Å². The molecule has 0 N–H and O–H groups in total. The standard InChI is InChI=1S/C18H14N2O/c19-10-13-4-3-6-17-15(13)8-9-20(17)11-14-12-21-18-7-2-1-5-16(14)18/h1-9,14H,11-12H2. The van der Waals surface area contributed by atoms with E-state index in [2.05, 4.69) is 35.0 Å². The van der Waals surface area contributed by atoms with Gasteiger partial charge in [-0.2, -0.15) is 5.26 Å². The van der Waals surface area contributed by atoms with Gasteiger partial charge in [-0.15, -0.1) is 0 Å². The molecular formula is C18H14N2O. The van der Waals surface area contributed by atoms with Gasteiger partial charge in [-0.1, -0.05) is 24.3 Å². The van der Waals surface area contributed by atoms with E-state index in [1.54, 1.807) is 0 Å². The van der Waals surface area contributed by atoms with Crippen LogP contribution in [-0.4, -0.2) is 11.2 Å². The molecule has 2 aromatic carbocycles. The second kappa shape index (κ2) is 4.68. The van der Waals surface area contributed by atoms with Crippen molar-refractivity contribution in [1.82, 2.24) is 4.57 Å². The van der Waals surface area contributed by atoms with Crippen LogP contribution in [-0.2, 0) is 6.54 Å². The lowest BCUT2D eigenvalue weighted by Crippen LogP contribution is -2.09. The Kier molecular flexibility index (Phi) is 2.68. The molecule has 0 saturated heterocycles. The lowest BCUT2D eigenvalue weighted by molar-refractivity contribution is 0.320. The maximum Gasteiger partial charge on any atom is 0.122 e. The summed E-state index contributed by atoms with van der Waals surface area (Å²) in [5.41, 5.74) is 3.11. The Hall–Kier alpha value is -2.73. The summed E-state index contributed by atoms with van der Waals surface area (Å²) in [5, 5.41) is 10.2. The number of benzene rings is 2. The number of hydrogen-bond donors (Lipinski definition) is 0. The van der Waals surface area contributed by atoms with E-state index < -0.39 is 0 Å². The third kappa shape index (κ3) is 1.88. The number of para-hydroxylation sites is 1. The van der Waals surface area contributed by atoms with E-state index in [1.807, 2.05) is 30.3 Å². The van der Waals surface area contributed by atoms with E-state index in [0.29, 0.717) is 5.92 Å². The van der Waals surface area contributed by atoms with Crippen LogP contribution in [0.15, 0.2) is 54.7 Å².